The van der Waals surface area contributed by atoms with Gasteiger partial charge in [-0.2, -0.15) is 0 Å². The zero-order valence-electron chi connectivity index (χ0n) is 18.3. The molecule has 0 N–H and O–H groups in total. The van der Waals surface area contributed by atoms with Crippen molar-refractivity contribution in [1.29, 1.82) is 0 Å². The zero-order chi connectivity index (χ0) is 21.9. The predicted octanol–water partition coefficient (Wildman–Crippen LogP) is 3.46. The molecule has 0 radical (unpaired) electrons. The molecule has 5 rings (SSSR count). The molecule has 7 nitrogen and oxygen atoms in total. The van der Waals surface area contributed by atoms with Crippen LogP contribution in [0.15, 0.2) is 67.3 Å². The lowest BCUT2D eigenvalue weighted by Gasteiger charge is -2.40. The van der Waals surface area contributed by atoms with E-state index in [1.54, 1.807) is 31.9 Å². The van der Waals surface area contributed by atoms with Gasteiger partial charge in [-0.15, -0.1) is 0 Å². The number of likely N-dealkylation sites (N-methyl/N-ethyl adjacent to an activating group) is 1. The van der Waals surface area contributed by atoms with Crippen molar-refractivity contribution in [2.45, 2.75) is 12.5 Å². The summed E-state index contributed by atoms with van der Waals surface area (Å²) in [6.07, 6.45) is 8.03. The van der Waals surface area contributed by atoms with Crippen LogP contribution in [0.3, 0.4) is 0 Å². The average Bonchev–Trinajstić information content (AvgIpc) is 2.85. The molecule has 0 saturated carbocycles. The van der Waals surface area contributed by atoms with Crippen LogP contribution in [-0.4, -0.2) is 64.7 Å². The largest absolute Gasteiger partial charge is 0.494 e. The molecule has 4 aromatic rings. The second-order valence-corrected chi connectivity index (χ2v) is 8.11. The number of ether oxygens (including phenoxy) is 1. The SMILES string of the molecule is COc1cncc2nc(-c3ccncc3)nc(N3CCN(C)[C@@H](Cc4ccccc4)C3)c12. The van der Waals surface area contributed by atoms with E-state index in [0.717, 1.165) is 48.3 Å². The first-order chi connectivity index (χ1) is 15.7. The van der Waals surface area contributed by atoms with Gasteiger partial charge in [0.15, 0.2) is 5.82 Å². The molecule has 1 aromatic carbocycles. The van der Waals surface area contributed by atoms with Gasteiger partial charge in [-0.05, 0) is 31.2 Å². The van der Waals surface area contributed by atoms with Gasteiger partial charge in [-0.3, -0.25) is 14.9 Å². The first-order valence-corrected chi connectivity index (χ1v) is 10.8. The number of piperazine rings is 1. The molecule has 0 bridgehead atoms. The minimum atomic E-state index is 0.383. The van der Waals surface area contributed by atoms with Crippen molar-refractivity contribution in [1.82, 2.24) is 24.8 Å². The zero-order valence-corrected chi connectivity index (χ0v) is 18.3. The summed E-state index contributed by atoms with van der Waals surface area (Å²) in [5, 5.41) is 0.906. The highest BCUT2D eigenvalue weighted by Crippen LogP contribution is 2.34. The topological polar surface area (TPSA) is 67.3 Å². The van der Waals surface area contributed by atoms with Gasteiger partial charge in [-0.1, -0.05) is 30.3 Å². The average molecular weight is 427 g/mol. The van der Waals surface area contributed by atoms with Crippen LogP contribution < -0.4 is 9.64 Å². The van der Waals surface area contributed by atoms with E-state index in [1.165, 1.54) is 5.56 Å². The number of nitrogens with zero attached hydrogens (tertiary/aromatic N) is 6. The molecule has 1 fully saturated rings. The van der Waals surface area contributed by atoms with E-state index >= 15 is 0 Å². The van der Waals surface area contributed by atoms with Crippen molar-refractivity contribution in [2.75, 3.05) is 38.7 Å². The van der Waals surface area contributed by atoms with Crippen LogP contribution in [0.1, 0.15) is 5.56 Å². The third-order valence-corrected chi connectivity index (χ3v) is 6.10. The maximum absolute atomic E-state index is 5.66. The lowest BCUT2D eigenvalue weighted by atomic mass is 10.0. The van der Waals surface area contributed by atoms with Crippen LogP contribution in [0.4, 0.5) is 5.82 Å². The molecular weight excluding hydrogens is 400 g/mol. The second-order valence-electron chi connectivity index (χ2n) is 8.11. The number of hydrogen-bond acceptors (Lipinski definition) is 7. The highest BCUT2D eigenvalue weighted by molar-refractivity contribution is 5.95. The summed E-state index contributed by atoms with van der Waals surface area (Å²) >= 11 is 0. The van der Waals surface area contributed by atoms with Crippen LogP contribution in [0.5, 0.6) is 5.75 Å². The summed E-state index contributed by atoms with van der Waals surface area (Å²) in [5.41, 5.74) is 3.05. The molecule has 32 heavy (non-hydrogen) atoms. The molecule has 1 saturated heterocycles. The molecule has 0 spiro atoms. The molecule has 1 aliphatic heterocycles. The fourth-order valence-corrected chi connectivity index (χ4v) is 4.29. The smallest absolute Gasteiger partial charge is 0.162 e. The Morgan fingerprint density at radius 1 is 0.969 bits per heavy atom. The van der Waals surface area contributed by atoms with E-state index in [4.69, 9.17) is 14.7 Å². The normalized spacial score (nSPS) is 16.9. The highest BCUT2D eigenvalue weighted by atomic mass is 16.5. The Hall–Kier alpha value is -3.58. The third-order valence-electron chi connectivity index (χ3n) is 6.10. The minimum absolute atomic E-state index is 0.383. The molecule has 162 valence electrons. The maximum atomic E-state index is 5.66. The van der Waals surface area contributed by atoms with E-state index in [-0.39, 0.29) is 0 Å². The number of aromatic nitrogens is 4. The van der Waals surface area contributed by atoms with E-state index in [2.05, 4.69) is 57.1 Å². The first kappa shape index (κ1) is 20.3. The lowest BCUT2D eigenvalue weighted by molar-refractivity contribution is 0.217. The molecule has 1 aliphatic rings. The molecule has 0 unspecified atom stereocenters. The van der Waals surface area contributed by atoms with Crippen LogP contribution in [0, 0.1) is 0 Å². The Kier molecular flexibility index (Phi) is 5.64. The monoisotopic (exact) mass is 426 g/mol. The highest BCUT2D eigenvalue weighted by Gasteiger charge is 2.28. The predicted molar refractivity (Wildman–Crippen MR) is 126 cm³/mol. The molecular formula is C25H26N6O. The maximum Gasteiger partial charge on any atom is 0.162 e. The Morgan fingerprint density at radius 2 is 1.78 bits per heavy atom. The Bertz CT molecular complexity index is 1200. The van der Waals surface area contributed by atoms with Crippen molar-refractivity contribution in [3.63, 3.8) is 0 Å². The lowest BCUT2D eigenvalue weighted by Crippen LogP contribution is -2.52. The number of pyridine rings is 2. The van der Waals surface area contributed by atoms with Crippen molar-refractivity contribution in [2.24, 2.45) is 0 Å². The van der Waals surface area contributed by atoms with Gasteiger partial charge in [0.1, 0.15) is 11.6 Å². The van der Waals surface area contributed by atoms with E-state index in [0.29, 0.717) is 17.6 Å². The Labute approximate surface area is 187 Å². The number of benzene rings is 1. The fourth-order valence-electron chi connectivity index (χ4n) is 4.29. The van der Waals surface area contributed by atoms with E-state index in [9.17, 15) is 0 Å². The first-order valence-electron chi connectivity index (χ1n) is 10.8. The molecule has 0 amide bonds. The summed E-state index contributed by atoms with van der Waals surface area (Å²) < 4.78 is 5.66. The number of rotatable bonds is 5. The van der Waals surface area contributed by atoms with Crippen LogP contribution in [0.2, 0.25) is 0 Å². The van der Waals surface area contributed by atoms with E-state index < -0.39 is 0 Å². The Morgan fingerprint density at radius 3 is 2.56 bits per heavy atom. The standard InChI is InChI=1S/C25H26N6O/c1-30-12-13-31(17-20(30)14-18-6-4-3-5-7-18)25-23-21(15-27-16-22(23)32-2)28-24(29-25)19-8-10-26-11-9-19/h3-11,15-16,20H,12-14,17H2,1-2H3/t20-/m0/s1. The molecule has 7 heteroatoms. The summed E-state index contributed by atoms with van der Waals surface area (Å²) in [4.78, 5) is 23.1. The summed E-state index contributed by atoms with van der Waals surface area (Å²) in [6.45, 7) is 2.72. The number of anilines is 1. The van der Waals surface area contributed by atoms with Gasteiger partial charge in [0.05, 0.1) is 30.4 Å². The Balaban J connectivity index is 1.57. The van der Waals surface area contributed by atoms with Crippen LogP contribution in [-0.2, 0) is 6.42 Å². The van der Waals surface area contributed by atoms with Gasteiger partial charge < -0.3 is 9.64 Å². The minimum Gasteiger partial charge on any atom is -0.494 e. The molecule has 1 atom stereocenters. The molecule has 0 aliphatic carbocycles. The molecule has 4 heterocycles. The summed E-state index contributed by atoms with van der Waals surface area (Å²) in [7, 11) is 3.87. The van der Waals surface area contributed by atoms with Crippen LogP contribution in [0.25, 0.3) is 22.3 Å². The van der Waals surface area contributed by atoms with Crippen molar-refractivity contribution in [3.05, 3.63) is 72.8 Å². The quantitative estimate of drug-likeness (QED) is 0.484. The number of fused-ring (bicyclic) bond motifs is 1. The van der Waals surface area contributed by atoms with Crippen molar-refractivity contribution in [3.8, 4) is 17.1 Å². The number of hydrogen-bond donors (Lipinski definition) is 0. The van der Waals surface area contributed by atoms with Gasteiger partial charge in [0.2, 0.25) is 0 Å². The van der Waals surface area contributed by atoms with Crippen molar-refractivity contribution < 1.29 is 4.74 Å². The van der Waals surface area contributed by atoms with Gasteiger partial charge in [0, 0.05) is 43.6 Å². The van der Waals surface area contributed by atoms with Gasteiger partial charge in [-0.25, -0.2) is 9.97 Å². The number of methoxy groups -OCH3 is 1. The van der Waals surface area contributed by atoms with E-state index in [1.807, 2.05) is 12.1 Å². The fraction of sp³-hybridized carbons (Fsp3) is 0.280. The van der Waals surface area contributed by atoms with Gasteiger partial charge >= 0.3 is 0 Å². The summed E-state index contributed by atoms with van der Waals surface area (Å²) in [5.74, 6) is 2.26. The van der Waals surface area contributed by atoms with Gasteiger partial charge in [0.25, 0.3) is 0 Å². The van der Waals surface area contributed by atoms with Crippen LogP contribution >= 0.6 is 0 Å². The van der Waals surface area contributed by atoms with Crippen molar-refractivity contribution >= 4 is 16.7 Å². The molecule has 3 aromatic heterocycles. The second kappa shape index (κ2) is 8.88. The summed E-state index contributed by atoms with van der Waals surface area (Å²) in [6, 6.07) is 14.9. The third kappa shape index (κ3) is 3.99.